The fourth-order valence-corrected chi connectivity index (χ4v) is 1.83. The molecule has 0 atom stereocenters. The van der Waals surface area contributed by atoms with Crippen LogP contribution < -0.4 is 0 Å². The number of benzene rings is 1. The summed E-state index contributed by atoms with van der Waals surface area (Å²) in [7, 11) is 0. The van der Waals surface area contributed by atoms with Gasteiger partial charge >= 0.3 is 0 Å². The van der Waals surface area contributed by atoms with Gasteiger partial charge in [-0.2, -0.15) is 0 Å². The second-order valence-corrected chi connectivity index (χ2v) is 3.88. The van der Waals surface area contributed by atoms with Gasteiger partial charge in [0.25, 0.3) is 5.69 Å². The van der Waals surface area contributed by atoms with Crippen molar-refractivity contribution in [3.8, 4) is 11.3 Å². The molecule has 1 heterocycles. The fraction of sp³-hybridized carbons (Fsp3) is 0.231. The molecule has 0 saturated carbocycles. The number of hydrogen-bond donors (Lipinski definition) is 1. The summed E-state index contributed by atoms with van der Waals surface area (Å²) in [6.45, 7) is 1.77. The molecule has 0 amide bonds. The molecule has 0 bridgehead atoms. The van der Waals surface area contributed by atoms with Crippen LogP contribution in [0.4, 0.5) is 5.69 Å². The minimum Gasteiger partial charge on any atom is -0.459 e. The Kier molecular flexibility index (Phi) is 3.43. The number of rotatable bonds is 4. The molecule has 2 rings (SSSR count). The fourth-order valence-electron chi connectivity index (χ4n) is 1.83. The van der Waals surface area contributed by atoms with Crippen LogP contribution in [0, 0.1) is 10.1 Å². The lowest BCUT2D eigenvalue weighted by Crippen LogP contribution is -1.92. The Balaban J connectivity index is 2.47. The molecule has 0 radical (unpaired) electrons. The average Bonchev–Trinajstić information content (AvgIpc) is 2.86. The number of nitrogens with zero attached hydrogens (tertiary/aromatic N) is 1. The maximum atomic E-state index is 10.7. The van der Waals surface area contributed by atoms with Gasteiger partial charge in [-0.3, -0.25) is 10.1 Å². The molecule has 0 aliphatic carbocycles. The van der Waals surface area contributed by atoms with Crippen LogP contribution in [0.15, 0.2) is 34.7 Å². The van der Waals surface area contributed by atoms with Crippen molar-refractivity contribution < 1.29 is 14.4 Å². The first-order valence-electron chi connectivity index (χ1n) is 5.63. The number of nitro groups is 1. The molecule has 0 fully saturated rings. The molecule has 0 aliphatic rings. The zero-order chi connectivity index (χ0) is 13.1. The van der Waals surface area contributed by atoms with Gasteiger partial charge in [0.2, 0.25) is 0 Å². The molecule has 0 unspecified atom stereocenters. The van der Waals surface area contributed by atoms with E-state index in [-0.39, 0.29) is 12.3 Å². The zero-order valence-corrected chi connectivity index (χ0v) is 9.92. The summed E-state index contributed by atoms with van der Waals surface area (Å²) >= 11 is 0. The first-order chi connectivity index (χ1) is 8.65. The smallest absolute Gasteiger partial charge is 0.269 e. The van der Waals surface area contributed by atoms with Gasteiger partial charge in [-0.15, -0.1) is 0 Å². The highest BCUT2D eigenvalue weighted by Crippen LogP contribution is 2.29. The van der Waals surface area contributed by atoms with Crippen LogP contribution >= 0.6 is 0 Å². The molecule has 5 nitrogen and oxygen atoms in total. The van der Waals surface area contributed by atoms with Gasteiger partial charge in [-0.25, -0.2) is 0 Å². The van der Waals surface area contributed by atoms with Crippen molar-refractivity contribution in [1.82, 2.24) is 0 Å². The standard InChI is InChI=1S/C13H13NO4/c1-2-9-7-10(14(16)17)3-5-12(9)13-6-4-11(8-15)18-13/h3-7,15H,2,8H2,1H3. The van der Waals surface area contributed by atoms with Gasteiger partial charge in [0.05, 0.1) is 4.92 Å². The molecule has 2 aromatic rings. The monoisotopic (exact) mass is 247 g/mol. The Labute approximate surface area is 104 Å². The summed E-state index contributed by atoms with van der Waals surface area (Å²) in [5.74, 6) is 1.09. The van der Waals surface area contributed by atoms with Crippen LogP contribution in [0.25, 0.3) is 11.3 Å². The van der Waals surface area contributed by atoms with E-state index in [0.29, 0.717) is 17.9 Å². The van der Waals surface area contributed by atoms with Crippen molar-refractivity contribution in [2.75, 3.05) is 0 Å². The van der Waals surface area contributed by atoms with Gasteiger partial charge in [0.1, 0.15) is 18.1 Å². The second-order valence-electron chi connectivity index (χ2n) is 3.88. The molecule has 18 heavy (non-hydrogen) atoms. The van der Waals surface area contributed by atoms with E-state index in [1.165, 1.54) is 6.07 Å². The van der Waals surface area contributed by atoms with Gasteiger partial charge in [-0.1, -0.05) is 6.92 Å². The van der Waals surface area contributed by atoms with Gasteiger partial charge in [0, 0.05) is 17.7 Å². The van der Waals surface area contributed by atoms with Gasteiger partial charge in [0.15, 0.2) is 0 Å². The van der Waals surface area contributed by atoms with Crippen molar-refractivity contribution in [2.24, 2.45) is 0 Å². The molecule has 0 saturated heterocycles. The summed E-state index contributed by atoms with van der Waals surface area (Å²) in [4.78, 5) is 10.3. The van der Waals surface area contributed by atoms with Crippen LogP contribution in [-0.4, -0.2) is 10.0 Å². The SMILES string of the molecule is CCc1cc([N+](=O)[O-])ccc1-c1ccc(CO)o1. The second kappa shape index (κ2) is 5.01. The molecule has 5 heteroatoms. The summed E-state index contributed by atoms with van der Waals surface area (Å²) in [6, 6.07) is 8.13. The topological polar surface area (TPSA) is 76.5 Å². The minimum atomic E-state index is -0.412. The number of aliphatic hydroxyl groups excluding tert-OH is 1. The highest BCUT2D eigenvalue weighted by atomic mass is 16.6. The van der Waals surface area contributed by atoms with E-state index in [4.69, 9.17) is 9.52 Å². The van der Waals surface area contributed by atoms with E-state index >= 15 is 0 Å². The molecule has 1 N–H and O–H groups in total. The van der Waals surface area contributed by atoms with Crippen molar-refractivity contribution in [3.05, 3.63) is 51.8 Å². The van der Waals surface area contributed by atoms with Crippen LogP contribution in [0.2, 0.25) is 0 Å². The number of aryl methyl sites for hydroxylation is 1. The quantitative estimate of drug-likeness (QED) is 0.665. The van der Waals surface area contributed by atoms with E-state index in [0.717, 1.165) is 11.1 Å². The van der Waals surface area contributed by atoms with Crippen LogP contribution in [0.1, 0.15) is 18.2 Å². The largest absolute Gasteiger partial charge is 0.459 e. The van der Waals surface area contributed by atoms with Gasteiger partial charge < -0.3 is 9.52 Å². The summed E-state index contributed by atoms with van der Waals surface area (Å²) in [5, 5.41) is 19.7. The Hall–Kier alpha value is -2.14. The maximum absolute atomic E-state index is 10.7. The molecule has 1 aromatic heterocycles. The van der Waals surface area contributed by atoms with E-state index in [1.807, 2.05) is 6.92 Å². The minimum absolute atomic E-state index is 0.0736. The van der Waals surface area contributed by atoms with E-state index in [9.17, 15) is 10.1 Å². The molecular formula is C13H13NO4. The number of nitro benzene ring substituents is 1. The summed E-state index contributed by atoms with van der Waals surface area (Å²) < 4.78 is 5.44. The lowest BCUT2D eigenvalue weighted by Gasteiger charge is -2.04. The Morgan fingerprint density at radius 2 is 2.11 bits per heavy atom. The number of non-ortho nitro benzene ring substituents is 1. The molecule has 94 valence electrons. The normalized spacial score (nSPS) is 10.6. The summed E-state index contributed by atoms with van der Waals surface area (Å²) in [5.41, 5.74) is 1.75. The number of hydrogen-bond acceptors (Lipinski definition) is 4. The Bertz CT molecular complexity index is 574. The van der Waals surface area contributed by atoms with Crippen molar-refractivity contribution in [1.29, 1.82) is 0 Å². The first kappa shape index (κ1) is 12.3. The van der Waals surface area contributed by atoms with E-state index < -0.39 is 4.92 Å². The molecule has 0 spiro atoms. The predicted molar refractivity (Wildman–Crippen MR) is 66.1 cm³/mol. The van der Waals surface area contributed by atoms with E-state index in [2.05, 4.69) is 0 Å². The maximum Gasteiger partial charge on any atom is 0.269 e. The Morgan fingerprint density at radius 1 is 1.33 bits per heavy atom. The predicted octanol–water partition coefficient (Wildman–Crippen LogP) is 2.91. The third-order valence-electron chi connectivity index (χ3n) is 2.76. The lowest BCUT2D eigenvalue weighted by atomic mass is 10.0. The first-order valence-corrected chi connectivity index (χ1v) is 5.63. The van der Waals surface area contributed by atoms with Crippen molar-refractivity contribution in [3.63, 3.8) is 0 Å². The molecular weight excluding hydrogens is 234 g/mol. The third kappa shape index (κ3) is 2.26. The molecule has 1 aromatic carbocycles. The van der Waals surface area contributed by atoms with Crippen molar-refractivity contribution >= 4 is 5.69 Å². The number of furan rings is 1. The highest BCUT2D eigenvalue weighted by molar-refractivity contribution is 5.64. The van der Waals surface area contributed by atoms with Crippen molar-refractivity contribution in [2.45, 2.75) is 20.0 Å². The van der Waals surface area contributed by atoms with Gasteiger partial charge in [-0.05, 0) is 30.2 Å². The highest BCUT2D eigenvalue weighted by Gasteiger charge is 2.13. The van der Waals surface area contributed by atoms with Crippen LogP contribution in [0.3, 0.4) is 0 Å². The van der Waals surface area contributed by atoms with E-state index in [1.54, 1.807) is 24.3 Å². The Morgan fingerprint density at radius 3 is 2.67 bits per heavy atom. The third-order valence-corrected chi connectivity index (χ3v) is 2.76. The zero-order valence-electron chi connectivity index (χ0n) is 9.92. The lowest BCUT2D eigenvalue weighted by molar-refractivity contribution is -0.384. The summed E-state index contributed by atoms with van der Waals surface area (Å²) in [6.07, 6.45) is 0.673. The van der Waals surface area contributed by atoms with Crippen LogP contribution in [0.5, 0.6) is 0 Å². The van der Waals surface area contributed by atoms with Crippen LogP contribution in [-0.2, 0) is 13.0 Å². The molecule has 0 aliphatic heterocycles. The number of aliphatic hydroxyl groups is 1. The average molecular weight is 247 g/mol.